The molecule has 1 aromatic rings. The Balaban J connectivity index is 0.000000286. The van der Waals surface area contributed by atoms with Gasteiger partial charge >= 0.3 is 0 Å². The van der Waals surface area contributed by atoms with Gasteiger partial charge in [-0.1, -0.05) is 84.4 Å². The van der Waals surface area contributed by atoms with Gasteiger partial charge in [0.1, 0.15) is 0 Å². The topological polar surface area (TPSA) is 29.3 Å². The van der Waals surface area contributed by atoms with Crippen molar-refractivity contribution in [2.24, 2.45) is 35.0 Å². The van der Waals surface area contributed by atoms with Crippen LogP contribution in [0.4, 0.5) is 5.69 Å². The number of benzene rings is 1. The van der Waals surface area contributed by atoms with Crippen LogP contribution in [0.3, 0.4) is 0 Å². The van der Waals surface area contributed by atoms with Crippen molar-refractivity contribution in [3.8, 4) is 0 Å². The van der Waals surface area contributed by atoms with Crippen molar-refractivity contribution in [2.75, 3.05) is 12.8 Å². The number of aryl methyl sites for hydroxylation is 1. The number of hydrogen-bond acceptors (Lipinski definition) is 2. The highest BCUT2D eigenvalue weighted by Crippen LogP contribution is 2.57. The summed E-state index contributed by atoms with van der Waals surface area (Å²) in [5, 5.41) is 0. The summed E-state index contributed by atoms with van der Waals surface area (Å²) in [7, 11) is 2.19. The molecular weight excluding hydrogens is 532 g/mol. The first-order valence-corrected chi connectivity index (χ1v) is 17.6. The Hall–Kier alpha value is -2.22. The Morgan fingerprint density at radius 3 is 2.32 bits per heavy atom. The van der Waals surface area contributed by atoms with Crippen molar-refractivity contribution in [2.45, 2.75) is 139 Å². The van der Waals surface area contributed by atoms with Crippen molar-refractivity contribution in [1.82, 2.24) is 4.90 Å². The van der Waals surface area contributed by atoms with Gasteiger partial charge in [0.15, 0.2) is 0 Å². The van der Waals surface area contributed by atoms with Gasteiger partial charge in [-0.2, -0.15) is 0 Å². The zero-order valence-corrected chi connectivity index (χ0v) is 29.7. The minimum atomic E-state index is 0. The van der Waals surface area contributed by atoms with E-state index in [-0.39, 0.29) is 7.43 Å². The van der Waals surface area contributed by atoms with E-state index in [4.69, 9.17) is 5.73 Å². The van der Waals surface area contributed by atoms with E-state index in [1.54, 1.807) is 11.1 Å². The summed E-state index contributed by atoms with van der Waals surface area (Å²) < 4.78 is 0. The molecule has 2 heteroatoms. The summed E-state index contributed by atoms with van der Waals surface area (Å²) in [5.74, 6) is 3.79. The molecule has 1 aromatic carbocycles. The molecule has 0 saturated heterocycles. The van der Waals surface area contributed by atoms with Crippen LogP contribution in [0.2, 0.25) is 0 Å². The van der Waals surface area contributed by atoms with Gasteiger partial charge in [-0.3, -0.25) is 0 Å². The second kappa shape index (κ2) is 15.9. The van der Waals surface area contributed by atoms with Crippen molar-refractivity contribution in [3.63, 3.8) is 0 Å². The SMILES string of the molecule is C.C=CC1CC(C)CC2(C)c3cc(N)ccc3CCC12.C=CN(C)C(C)C1CCCC2(C)C(C=C(C)C)=C(C)CCC12.CC. The maximum atomic E-state index is 6.04. The van der Waals surface area contributed by atoms with Crippen LogP contribution in [0.5, 0.6) is 0 Å². The highest BCUT2D eigenvalue weighted by atomic mass is 15.1. The van der Waals surface area contributed by atoms with E-state index in [1.165, 1.54) is 74.5 Å². The van der Waals surface area contributed by atoms with Crippen LogP contribution in [-0.2, 0) is 11.8 Å². The molecule has 4 aliphatic carbocycles. The largest absolute Gasteiger partial charge is 0.399 e. The van der Waals surface area contributed by atoms with Gasteiger partial charge in [-0.15, -0.1) is 6.58 Å². The lowest BCUT2D eigenvalue weighted by atomic mass is 9.53. The molecule has 2 fully saturated rings. The summed E-state index contributed by atoms with van der Waals surface area (Å²) >= 11 is 0. The lowest BCUT2D eigenvalue weighted by Gasteiger charge is -2.53. The van der Waals surface area contributed by atoms with Crippen LogP contribution >= 0.6 is 0 Å². The van der Waals surface area contributed by atoms with E-state index in [2.05, 4.69) is 104 Å². The summed E-state index contributed by atoms with van der Waals surface area (Å²) in [6.45, 7) is 28.7. The maximum Gasteiger partial charge on any atom is 0.0317 e. The van der Waals surface area contributed by atoms with Gasteiger partial charge in [0.2, 0.25) is 0 Å². The van der Waals surface area contributed by atoms with Crippen LogP contribution in [0.1, 0.15) is 132 Å². The first-order valence-electron chi connectivity index (χ1n) is 17.6. The third-order valence-corrected chi connectivity index (χ3v) is 12.0. The van der Waals surface area contributed by atoms with E-state index >= 15 is 0 Å². The molecule has 44 heavy (non-hydrogen) atoms. The van der Waals surface area contributed by atoms with E-state index < -0.39 is 0 Å². The fourth-order valence-electron chi connectivity index (χ4n) is 9.87. The quantitative estimate of drug-likeness (QED) is 0.268. The van der Waals surface area contributed by atoms with Crippen LogP contribution in [0.25, 0.3) is 0 Å². The normalized spacial score (nSPS) is 32.7. The zero-order valence-electron chi connectivity index (χ0n) is 29.7. The van der Waals surface area contributed by atoms with E-state index in [9.17, 15) is 0 Å². The molecule has 5 rings (SSSR count). The van der Waals surface area contributed by atoms with E-state index in [1.807, 2.05) is 20.0 Å². The minimum absolute atomic E-state index is 0. The number of allylic oxidation sites excluding steroid dienone is 5. The molecule has 8 atom stereocenters. The van der Waals surface area contributed by atoms with Crippen LogP contribution in [0.15, 0.2) is 66.4 Å². The summed E-state index contributed by atoms with van der Waals surface area (Å²) in [6, 6.07) is 7.13. The lowest BCUT2D eigenvalue weighted by molar-refractivity contribution is 0.0352. The molecule has 248 valence electrons. The molecule has 0 radical (unpaired) electrons. The second-order valence-electron chi connectivity index (χ2n) is 15.0. The molecule has 0 spiro atoms. The standard InChI is InChI=1S/C21H35N.C18H25N.C2H6.CH4/c1-8-22(7)17(5)18-10-9-13-21(6)19(18)12-11-16(4)20(21)14-15(2)3;1-4-13-9-12(2)11-18(3)16(13)8-6-14-5-7-15(19)10-17(14)18;1-2;/h8,14,17-19H,1,9-13H2,2-7H3;4-5,7,10,12-13,16H,1,6,8-9,11,19H2,2-3H3;1-2H3;1H4. The average Bonchev–Trinajstić information content (AvgIpc) is 2.98. The van der Waals surface area contributed by atoms with Gasteiger partial charge in [0.25, 0.3) is 0 Å². The van der Waals surface area contributed by atoms with E-state index in [0.29, 0.717) is 22.8 Å². The molecular formula is C42H70N2. The number of nitrogens with zero attached hydrogens (tertiary/aromatic N) is 1. The van der Waals surface area contributed by atoms with Gasteiger partial charge < -0.3 is 10.6 Å². The minimum Gasteiger partial charge on any atom is -0.399 e. The molecule has 4 aliphatic rings. The number of anilines is 1. The summed E-state index contributed by atoms with van der Waals surface area (Å²) in [4.78, 5) is 2.32. The van der Waals surface area contributed by atoms with Crippen molar-refractivity contribution in [3.05, 3.63) is 77.6 Å². The monoisotopic (exact) mass is 603 g/mol. The fourth-order valence-corrected chi connectivity index (χ4v) is 9.87. The number of hydrogen-bond donors (Lipinski definition) is 1. The lowest BCUT2D eigenvalue weighted by Crippen LogP contribution is -2.47. The smallest absolute Gasteiger partial charge is 0.0317 e. The molecule has 0 amide bonds. The number of rotatable bonds is 5. The van der Waals surface area contributed by atoms with Gasteiger partial charge in [-0.05, 0) is 155 Å². The van der Waals surface area contributed by atoms with Crippen LogP contribution < -0.4 is 5.73 Å². The van der Waals surface area contributed by atoms with Gasteiger partial charge in [-0.25, -0.2) is 0 Å². The van der Waals surface area contributed by atoms with Crippen LogP contribution in [0, 0.1) is 35.0 Å². The summed E-state index contributed by atoms with van der Waals surface area (Å²) in [5.41, 5.74) is 15.4. The second-order valence-corrected chi connectivity index (χ2v) is 15.0. The molecule has 8 unspecified atom stereocenters. The average molecular weight is 603 g/mol. The number of nitrogens with two attached hydrogens (primary N) is 1. The first-order chi connectivity index (χ1) is 20.3. The van der Waals surface area contributed by atoms with Gasteiger partial charge in [0, 0.05) is 18.8 Å². The highest BCUT2D eigenvalue weighted by Gasteiger charge is 2.48. The Morgan fingerprint density at radius 1 is 1.05 bits per heavy atom. The molecule has 2 saturated carbocycles. The molecule has 0 aliphatic heterocycles. The van der Waals surface area contributed by atoms with Crippen molar-refractivity contribution < 1.29 is 0 Å². The third kappa shape index (κ3) is 7.59. The number of fused-ring (bicyclic) bond motifs is 4. The molecule has 0 bridgehead atoms. The molecule has 0 heterocycles. The maximum absolute atomic E-state index is 6.04. The van der Waals surface area contributed by atoms with E-state index in [0.717, 1.165) is 29.4 Å². The third-order valence-electron chi connectivity index (χ3n) is 12.0. The zero-order chi connectivity index (χ0) is 32.1. The van der Waals surface area contributed by atoms with Crippen LogP contribution in [-0.4, -0.2) is 18.0 Å². The first kappa shape index (κ1) is 38.0. The Labute approximate surface area is 274 Å². The molecule has 0 aromatic heterocycles. The Bertz CT molecular complexity index is 1170. The van der Waals surface area contributed by atoms with Crippen molar-refractivity contribution in [1.29, 1.82) is 0 Å². The predicted octanol–water partition coefficient (Wildman–Crippen LogP) is 11.9. The molecule has 2 N–H and O–H groups in total. The Morgan fingerprint density at radius 2 is 1.70 bits per heavy atom. The van der Waals surface area contributed by atoms with Crippen molar-refractivity contribution >= 4 is 5.69 Å². The Kier molecular flexibility index (Phi) is 13.7. The number of nitrogen functional groups attached to an aromatic ring is 1. The molecule has 2 nitrogen and oxygen atoms in total. The highest BCUT2D eigenvalue weighted by molar-refractivity contribution is 5.49. The van der Waals surface area contributed by atoms with Gasteiger partial charge in [0.05, 0.1) is 0 Å². The predicted molar refractivity (Wildman–Crippen MR) is 198 cm³/mol. The fraction of sp³-hybridized carbons (Fsp3) is 0.667. The summed E-state index contributed by atoms with van der Waals surface area (Å²) in [6.07, 6.45) is 18.5.